The Bertz CT molecular complexity index is 464. The number of hydrogen-bond donors (Lipinski definition) is 0. The Hall–Kier alpha value is -1.42. The van der Waals surface area contributed by atoms with Gasteiger partial charge < -0.3 is 4.57 Å². The average molecular weight is 220 g/mol. The number of imidazole rings is 1. The van der Waals surface area contributed by atoms with Crippen LogP contribution in [-0.4, -0.2) is 13.8 Å². The molecule has 0 saturated heterocycles. The van der Waals surface area contributed by atoms with E-state index in [4.69, 9.17) is 0 Å². The molecule has 2 aromatic rings. The van der Waals surface area contributed by atoms with Crippen LogP contribution in [0.5, 0.6) is 0 Å². The molecule has 0 bridgehead atoms. The van der Waals surface area contributed by atoms with Gasteiger partial charge in [-0.25, -0.2) is 4.98 Å². The number of hydrogen-bond acceptors (Lipinski definition) is 2. The van der Waals surface area contributed by atoms with Gasteiger partial charge in [0.25, 0.3) is 0 Å². The van der Waals surface area contributed by atoms with Crippen LogP contribution in [0.1, 0.15) is 5.69 Å². The van der Waals surface area contributed by atoms with Crippen molar-refractivity contribution in [1.29, 1.82) is 0 Å². The largest absolute Gasteiger partial charge is 0.322 e. The van der Waals surface area contributed by atoms with Crippen LogP contribution in [0, 0.1) is 6.92 Å². The Balaban J connectivity index is 2.15. The molecule has 0 aliphatic heterocycles. The Kier molecular flexibility index (Phi) is 2.97. The highest BCUT2D eigenvalue weighted by molar-refractivity contribution is 7.84. The second-order valence-corrected chi connectivity index (χ2v) is 4.71. The molecule has 0 fully saturated rings. The van der Waals surface area contributed by atoms with E-state index in [1.165, 1.54) is 0 Å². The molecule has 0 saturated carbocycles. The number of rotatable bonds is 3. The van der Waals surface area contributed by atoms with Crippen molar-refractivity contribution in [2.24, 2.45) is 0 Å². The molecule has 15 heavy (non-hydrogen) atoms. The van der Waals surface area contributed by atoms with E-state index < -0.39 is 10.8 Å². The normalized spacial score (nSPS) is 12.6. The summed E-state index contributed by atoms with van der Waals surface area (Å²) < 4.78 is 13.8. The van der Waals surface area contributed by atoms with E-state index in [-0.39, 0.29) is 0 Å². The molecule has 2 rings (SSSR count). The second kappa shape index (κ2) is 4.40. The third-order valence-corrected chi connectivity index (χ3v) is 3.49. The maximum atomic E-state index is 11.9. The number of benzene rings is 1. The lowest BCUT2D eigenvalue weighted by molar-refractivity contribution is 0.670. The van der Waals surface area contributed by atoms with Crippen LogP contribution in [0.15, 0.2) is 47.8 Å². The SMILES string of the molecule is Cc1cncn1CS(=O)c1ccccc1. The van der Waals surface area contributed by atoms with Gasteiger partial charge in [-0.15, -0.1) is 0 Å². The highest BCUT2D eigenvalue weighted by Gasteiger charge is 2.04. The molecular formula is C11H12N2OS. The van der Waals surface area contributed by atoms with E-state index in [1.807, 2.05) is 41.8 Å². The van der Waals surface area contributed by atoms with E-state index in [1.54, 1.807) is 12.5 Å². The average Bonchev–Trinajstić information content (AvgIpc) is 2.66. The maximum Gasteiger partial charge on any atom is 0.104 e. The zero-order chi connectivity index (χ0) is 10.7. The minimum Gasteiger partial charge on any atom is -0.322 e. The second-order valence-electron chi connectivity index (χ2n) is 3.29. The summed E-state index contributed by atoms with van der Waals surface area (Å²) in [6, 6.07) is 9.47. The van der Waals surface area contributed by atoms with Crippen LogP contribution < -0.4 is 0 Å². The van der Waals surface area contributed by atoms with Crippen LogP contribution in [0.3, 0.4) is 0 Å². The lowest BCUT2D eigenvalue weighted by Crippen LogP contribution is -2.05. The van der Waals surface area contributed by atoms with E-state index in [0.717, 1.165) is 10.6 Å². The third kappa shape index (κ3) is 2.33. The number of nitrogens with zero attached hydrogens (tertiary/aromatic N) is 2. The van der Waals surface area contributed by atoms with Crippen molar-refractivity contribution in [2.45, 2.75) is 17.7 Å². The quantitative estimate of drug-likeness (QED) is 0.792. The van der Waals surface area contributed by atoms with Gasteiger partial charge in [0.1, 0.15) is 5.88 Å². The van der Waals surface area contributed by atoms with Gasteiger partial charge in [0.15, 0.2) is 0 Å². The molecule has 4 heteroatoms. The maximum absolute atomic E-state index is 11.9. The molecule has 0 aliphatic carbocycles. The molecule has 0 spiro atoms. The highest BCUT2D eigenvalue weighted by Crippen LogP contribution is 2.08. The molecule has 0 radical (unpaired) electrons. The zero-order valence-electron chi connectivity index (χ0n) is 8.46. The molecule has 0 amide bonds. The smallest absolute Gasteiger partial charge is 0.104 e. The summed E-state index contributed by atoms with van der Waals surface area (Å²) in [4.78, 5) is 4.85. The lowest BCUT2D eigenvalue weighted by Gasteiger charge is -2.04. The van der Waals surface area contributed by atoms with Gasteiger partial charge in [-0.05, 0) is 19.1 Å². The predicted molar refractivity (Wildman–Crippen MR) is 59.8 cm³/mol. The van der Waals surface area contributed by atoms with Gasteiger partial charge in [-0.1, -0.05) is 18.2 Å². The topological polar surface area (TPSA) is 34.9 Å². The molecule has 1 unspecified atom stereocenters. The minimum atomic E-state index is -1.00. The fourth-order valence-corrected chi connectivity index (χ4v) is 2.43. The molecular weight excluding hydrogens is 208 g/mol. The van der Waals surface area contributed by atoms with Crippen LogP contribution >= 0.6 is 0 Å². The molecule has 1 aromatic heterocycles. The number of aromatic nitrogens is 2. The van der Waals surface area contributed by atoms with Crippen LogP contribution in [0.25, 0.3) is 0 Å². The van der Waals surface area contributed by atoms with E-state index >= 15 is 0 Å². The predicted octanol–water partition coefficient (Wildman–Crippen LogP) is 1.96. The van der Waals surface area contributed by atoms with Crippen molar-refractivity contribution in [3.05, 3.63) is 48.5 Å². The van der Waals surface area contributed by atoms with Gasteiger partial charge in [0.05, 0.1) is 17.1 Å². The van der Waals surface area contributed by atoms with Crippen LogP contribution in [-0.2, 0) is 16.7 Å². The Morgan fingerprint density at radius 1 is 1.33 bits per heavy atom. The van der Waals surface area contributed by atoms with Crippen molar-refractivity contribution in [2.75, 3.05) is 0 Å². The summed E-state index contributed by atoms with van der Waals surface area (Å²) in [5.74, 6) is 0.468. The first-order chi connectivity index (χ1) is 7.27. The fourth-order valence-electron chi connectivity index (χ4n) is 1.30. The summed E-state index contributed by atoms with van der Waals surface area (Å²) in [5, 5.41) is 0. The third-order valence-electron chi connectivity index (χ3n) is 2.18. The number of aryl methyl sites for hydroxylation is 1. The summed E-state index contributed by atoms with van der Waals surface area (Å²) in [5.41, 5.74) is 1.03. The minimum absolute atomic E-state index is 0.468. The van der Waals surface area contributed by atoms with Crippen molar-refractivity contribution in [3.8, 4) is 0 Å². The summed E-state index contributed by atoms with van der Waals surface area (Å²) in [6.07, 6.45) is 3.47. The van der Waals surface area contributed by atoms with E-state index in [9.17, 15) is 4.21 Å². The summed E-state index contributed by atoms with van der Waals surface area (Å²) in [7, 11) is -1.00. The molecule has 1 atom stereocenters. The van der Waals surface area contributed by atoms with Gasteiger partial charge in [0.2, 0.25) is 0 Å². The van der Waals surface area contributed by atoms with Gasteiger partial charge in [0, 0.05) is 16.8 Å². The fraction of sp³-hybridized carbons (Fsp3) is 0.182. The van der Waals surface area contributed by atoms with Gasteiger partial charge in [-0.2, -0.15) is 0 Å². The van der Waals surface area contributed by atoms with Crippen molar-refractivity contribution < 1.29 is 4.21 Å². The Morgan fingerprint density at radius 2 is 2.07 bits per heavy atom. The Morgan fingerprint density at radius 3 is 2.67 bits per heavy atom. The van der Waals surface area contributed by atoms with Crippen LogP contribution in [0.4, 0.5) is 0 Å². The molecule has 78 valence electrons. The Labute approximate surface area is 91.2 Å². The van der Waals surface area contributed by atoms with Crippen molar-refractivity contribution in [1.82, 2.24) is 9.55 Å². The molecule has 3 nitrogen and oxygen atoms in total. The zero-order valence-corrected chi connectivity index (χ0v) is 9.28. The summed E-state index contributed by atoms with van der Waals surface area (Å²) in [6.45, 7) is 1.95. The van der Waals surface area contributed by atoms with Crippen LogP contribution in [0.2, 0.25) is 0 Å². The van der Waals surface area contributed by atoms with Crippen molar-refractivity contribution in [3.63, 3.8) is 0 Å². The van der Waals surface area contributed by atoms with Gasteiger partial charge in [-0.3, -0.25) is 4.21 Å². The molecule has 1 heterocycles. The van der Waals surface area contributed by atoms with Gasteiger partial charge >= 0.3 is 0 Å². The summed E-state index contributed by atoms with van der Waals surface area (Å²) >= 11 is 0. The molecule has 1 aromatic carbocycles. The first-order valence-electron chi connectivity index (χ1n) is 4.67. The highest BCUT2D eigenvalue weighted by atomic mass is 32.2. The lowest BCUT2D eigenvalue weighted by atomic mass is 10.4. The van der Waals surface area contributed by atoms with E-state index in [2.05, 4.69) is 4.98 Å². The standard InChI is InChI=1S/C11H12N2OS/c1-10-7-12-8-13(10)9-15(14)11-5-3-2-4-6-11/h2-8H,9H2,1H3. The first-order valence-corrected chi connectivity index (χ1v) is 5.99. The van der Waals surface area contributed by atoms with Crippen molar-refractivity contribution >= 4 is 10.8 Å². The molecule has 0 N–H and O–H groups in total. The van der Waals surface area contributed by atoms with E-state index in [0.29, 0.717) is 5.88 Å². The first kappa shape index (κ1) is 10.1. The molecule has 0 aliphatic rings. The monoisotopic (exact) mass is 220 g/mol.